The van der Waals surface area contributed by atoms with Crippen LogP contribution < -0.4 is 5.73 Å². The van der Waals surface area contributed by atoms with Crippen LogP contribution in [0.4, 0.5) is 4.39 Å². The normalized spacial score (nSPS) is 10.8. The van der Waals surface area contributed by atoms with Crippen molar-refractivity contribution in [1.29, 1.82) is 0 Å². The molecule has 0 unspecified atom stereocenters. The van der Waals surface area contributed by atoms with Gasteiger partial charge in [0.25, 0.3) is 0 Å². The third-order valence-electron chi connectivity index (χ3n) is 3.41. The van der Waals surface area contributed by atoms with E-state index in [1.54, 1.807) is 0 Å². The summed E-state index contributed by atoms with van der Waals surface area (Å²) in [6, 6.07) is 15.5. The molecule has 0 atom stereocenters. The molecular weight excluding hydrogens is 333 g/mol. The average molecular weight is 344 g/mol. The lowest BCUT2D eigenvalue weighted by Crippen LogP contribution is -2.12. The lowest BCUT2D eigenvalue weighted by atomic mass is 9.94. The molecule has 0 saturated carbocycles. The minimum Gasteiger partial charge on any atom is -0.366 e. The molecular formula is C17H11BrFNO. The number of carbonyl (C=O) groups is 1. The lowest BCUT2D eigenvalue weighted by Gasteiger charge is -2.11. The predicted octanol–water partition coefficient (Wildman–Crippen LogP) is 4.51. The Morgan fingerprint density at radius 3 is 2.43 bits per heavy atom. The summed E-state index contributed by atoms with van der Waals surface area (Å²) >= 11 is 3.50. The van der Waals surface area contributed by atoms with Crippen molar-refractivity contribution in [3.05, 3.63) is 70.5 Å². The summed E-state index contributed by atoms with van der Waals surface area (Å²) in [5.74, 6) is -0.973. The van der Waals surface area contributed by atoms with Crippen LogP contribution in [0.3, 0.4) is 0 Å². The van der Waals surface area contributed by atoms with E-state index in [9.17, 15) is 9.18 Å². The first-order chi connectivity index (χ1) is 10.1. The van der Waals surface area contributed by atoms with E-state index in [0.29, 0.717) is 11.1 Å². The Hall–Kier alpha value is -2.20. The Labute approximate surface area is 129 Å². The van der Waals surface area contributed by atoms with Crippen molar-refractivity contribution in [3.63, 3.8) is 0 Å². The highest BCUT2D eigenvalue weighted by Crippen LogP contribution is 2.34. The lowest BCUT2D eigenvalue weighted by molar-refractivity contribution is 0.100. The highest BCUT2D eigenvalue weighted by Gasteiger charge is 2.14. The fraction of sp³-hybridized carbons (Fsp3) is 0. The maximum atomic E-state index is 13.6. The molecule has 0 spiro atoms. The molecule has 0 aliphatic heterocycles. The van der Waals surface area contributed by atoms with Crippen molar-refractivity contribution in [2.75, 3.05) is 0 Å². The van der Waals surface area contributed by atoms with Gasteiger partial charge in [-0.2, -0.15) is 0 Å². The Balaban J connectivity index is 2.38. The quantitative estimate of drug-likeness (QED) is 0.730. The molecule has 0 fully saturated rings. The van der Waals surface area contributed by atoms with E-state index in [2.05, 4.69) is 15.9 Å². The van der Waals surface area contributed by atoms with Crippen LogP contribution in [0.15, 0.2) is 59.1 Å². The van der Waals surface area contributed by atoms with Crippen LogP contribution >= 0.6 is 15.9 Å². The molecule has 0 heterocycles. The zero-order valence-electron chi connectivity index (χ0n) is 10.9. The number of amides is 1. The van der Waals surface area contributed by atoms with Gasteiger partial charge in [-0.1, -0.05) is 46.3 Å². The highest BCUT2D eigenvalue weighted by molar-refractivity contribution is 9.10. The second-order valence-corrected chi connectivity index (χ2v) is 5.55. The highest BCUT2D eigenvalue weighted by atomic mass is 79.9. The van der Waals surface area contributed by atoms with Gasteiger partial charge in [0.2, 0.25) is 5.91 Å². The number of carbonyl (C=O) groups excluding carboxylic acids is 1. The molecule has 0 saturated heterocycles. The topological polar surface area (TPSA) is 43.1 Å². The van der Waals surface area contributed by atoms with Crippen LogP contribution in [0.25, 0.3) is 21.9 Å². The maximum absolute atomic E-state index is 13.6. The molecule has 0 aliphatic rings. The minimum absolute atomic E-state index is 0.309. The Morgan fingerprint density at radius 1 is 0.952 bits per heavy atom. The van der Waals surface area contributed by atoms with E-state index in [1.807, 2.05) is 36.4 Å². The van der Waals surface area contributed by atoms with Gasteiger partial charge in [0.15, 0.2) is 0 Å². The number of nitrogens with two attached hydrogens (primary N) is 1. The summed E-state index contributed by atoms with van der Waals surface area (Å²) < 4.78 is 14.6. The third-order valence-corrected chi connectivity index (χ3v) is 4.10. The van der Waals surface area contributed by atoms with Crippen molar-refractivity contribution in [1.82, 2.24) is 0 Å². The molecule has 0 aromatic heterocycles. The summed E-state index contributed by atoms with van der Waals surface area (Å²) in [5.41, 5.74) is 7.00. The first-order valence-electron chi connectivity index (χ1n) is 6.35. The number of hydrogen-bond acceptors (Lipinski definition) is 1. The Kier molecular flexibility index (Phi) is 3.47. The van der Waals surface area contributed by atoms with Gasteiger partial charge in [-0.05, 0) is 46.2 Å². The van der Waals surface area contributed by atoms with Crippen molar-refractivity contribution < 1.29 is 9.18 Å². The molecule has 3 aromatic rings. The second-order valence-electron chi connectivity index (χ2n) is 4.69. The number of primary amides is 1. The minimum atomic E-state index is -0.572. The first kappa shape index (κ1) is 13.8. The number of halogens is 2. The van der Waals surface area contributed by atoms with E-state index >= 15 is 0 Å². The molecule has 4 heteroatoms. The Bertz CT molecular complexity index is 861. The summed E-state index contributed by atoms with van der Waals surface area (Å²) in [4.78, 5) is 11.6. The first-order valence-corrected chi connectivity index (χ1v) is 7.14. The summed E-state index contributed by atoms with van der Waals surface area (Å²) in [7, 11) is 0. The standard InChI is InChI=1S/C17H11BrFNO/c18-16-6-2-4-11-12(3-1-5-13(11)16)15-9-10(19)7-8-14(15)17(20)21/h1-9H,(H2,20,21). The fourth-order valence-corrected chi connectivity index (χ4v) is 2.96. The average Bonchev–Trinajstić information content (AvgIpc) is 2.47. The maximum Gasteiger partial charge on any atom is 0.249 e. The van der Waals surface area contributed by atoms with E-state index < -0.39 is 11.7 Å². The van der Waals surface area contributed by atoms with Gasteiger partial charge in [-0.15, -0.1) is 0 Å². The van der Waals surface area contributed by atoms with Crippen LogP contribution in [0.5, 0.6) is 0 Å². The van der Waals surface area contributed by atoms with E-state index in [1.165, 1.54) is 18.2 Å². The van der Waals surface area contributed by atoms with Gasteiger partial charge >= 0.3 is 0 Å². The second kappa shape index (κ2) is 5.30. The largest absolute Gasteiger partial charge is 0.366 e. The molecule has 3 rings (SSSR count). The summed E-state index contributed by atoms with van der Waals surface area (Å²) in [6.45, 7) is 0. The predicted molar refractivity (Wildman–Crippen MR) is 85.6 cm³/mol. The molecule has 3 aromatic carbocycles. The van der Waals surface area contributed by atoms with Crippen LogP contribution in [-0.4, -0.2) is 5.91 Å². The van der Waals surface area contributed by atoms with Crippen LogP contribution in [0.1, 0.15) is 10.4 Å². The zero-order valence-corrected chi connectivity index (χ0v) is 12.5. The van der Waals surface area contributed by atoms with Gasteiger partial charge in [0.05, 0.1) is 0 Å². The van der Waals surface area contributed by atoms with E-state index in [4.69, 9.17) is 5.73 Å². The van der Waals surface area contributed by atoms with Crippen LogP contribution in [-0.2, 0) is 0 Å². The van der Waals surface area contributed by atoms with Gasteiger partial charge < -0.3 is 5.73 Å². The molecule has 2 nitrogen and oxygen atoms in total. The number of hydrogen-bond donors (Lipinski definition) is 1. The fourth-order valence-electron chi connectivity index (χ4n) is 2.46. The van der Waals surface area contributed by atoms with Crippen molar-refractivity contribution in [3.8, 4) is 11.1 Å². The third kappa shape index (κ3) is 2.43. The molecule has 0 radical (unpaired) electrons. The van der Waals surface area contributed by atoms with Crippen molar-refractivity contribution in [2.45, 2.75) is 0 Å². The number of rotatable bonds is 2. The van der Waals surface area contributed by atoms with Crippen molar-refractivity contribution >= 4 is 32.6 Å². The van der Waals surface area contributed by atoms with Crippen LogP contribution in [0, 0.1) is 5.82 Å². The molecule has 0 aliphatic carbocycles. The van der Waals surface area contributed by atoms with Crippen LogP contribution in [0.2, 0.25) is 0 Å². The monoisotopic (exact) mass is 343 g/mol. The Morgan fingerprint density at radius 2 is 1.67 bits per heavy atom. The zero-order chi connectivity index (χ0) is 15.0. The molecule has 0 bridgehead atoms. The van der Waals surface area contributed by atoms with E-state index in [-0.39, 0.29) is 0 Å². The SMILES string of the molecule is NC(=O)c1ccc(F)cc1-c1cccc2c(Br)cccc12. The molecule has 1 amide bonds. The van der Waals surface area contributed by atoms with E-state index in [0.717, 1.165) is 20.8 Å². The molecule has 21 heavy (non-hydrogen) atoms. The summed E-state index contributed by atoms with van der Waals surface area (Å²) in [6.07, 6.45) is 0. The van der Waals surface area contributed by atoms with Gasteiger partial charge in [-0.25, -0.2) is 4.39 Å². The van der Waals surface area contributed by atoms with Gasteiger partial charge in [0, 0.05) is 10.0 Å². The number of benzene rings is 3. The summed E-state index contributed by atoms with van der Waals surface area (Å²) in [5, 5.41) is 1.93. The van der Waals surface area contributed by atoms with Gasteiger partial charge in [0.1, 0.15) is 5.82 Å². The smallest absolute Gasteiger partial charge is 0.249 e. The molecule has 104 valence electrons. The van der Waals surface area contributed by atoms with Gasteiger partial charge in [-0.3, -0.25) is 4.79 Å². The number of fused-ring (bicyclic) bond motifs is 1. The van der Waals surface area contributed by atoms with Crippen molar-refractivity contribution in [2.24, 2.45) is 5.73 Å². The molecule has 2 N–H and O–H groups in total.